The number of hydrogen-bond donors (Lipinski definition) is 2. The fraction of sp³-hybridized carbons (Fsp3) is 0.625. The second kappa shape index (κ2) is 7.27. The van der Waals surface area contributed by atoms with Crippen LogP contribution in [0.1, 0.15) is 38.5 Å². The zero-order valence-electron chi connectivity index (χ0n) is 14.1. The second-order valence-electron chi connectivity index (χ2n) is 6.87. The first-order valence-corrected chi connectivity index (χ1v) is 10.2. The van der Waals surface area contributed by atoms with Crippen molar-refractivity contribution >= 4 is 21.4 Å². The van der Waals surface area contributed by atoms with Gasteiger partial charge < -0.3 is 10.2 Å². The number of nitro groups is 1. The van der Waals surface area contributed by atoms with Crippen LogP contribution in [0, 0.1) is 10.1 Å². The molecule has 1 aromatic rings. The minimum atomic E-state index is -3.96. The number of piperidine rings is 1. The number of nitrogens with zero attached hydrogens (tertiary/aromatic N) is 2. The van der Waals surface area contributed by atoms with Gasteiger partial charge >= 0.3 is 0 Å². The fourth-order valence-corrected chi connectivity index (χ4v) is 4.39. The average molecular weight is 368 g/mol. The molecular formula is C16H24N4O4S. The van der Waals surface area contributed by atoms with E-state index in [2.05, 4.69) is 10.2 Å². The van der Waals surface area contributed by atoms with Crippen LogP contribution >= 0.6 is 0 Å². The first-order valence-electron chi connectivity index (χ1n) is 8.66. The standard InChI is InChI=1S/C16H24N4O4S/c17-25(23,24)14-5-6-15(16(11-14)20(21)22)18-12-7-9-19(10-8-12)13-3-1-2-4-13/h5-6,11-13,18H,1-4,7-10H2,(H2,17,23,24). The summed E-state index contributed by atoms with van der Waals surface area (Å²) in [6.07, 6.45) is 7.02. The first-order chi connectivity index (χ1) is 11.8. The van der Waals surface area contributed by atoms with Crippen molar-refractivity contribution in [2.45, 2.75) is 55.5 Å². The smallest absolute Gasteiger partial charge is 0.293 e. The number of rotatable bonds is 5. The lowest BCUT2D eigenvalue weighted by Crippen LogP contribution is -2.43. The number of benzene rings is 1. The molecule has 0 radical (unpaired) electrons. The third kappa shape index (κ3) is 4.28. The number of primary sulfonamides is 1. The van der Waals surface area contributed by atoms with Gasteiger partial charge in [-0.2, -0.15) is 0 Å². The van der Waals surface area contributed by atoms with E-state index in [-0.39, 0.29) is 16.6 Å². The fourth-order valence-electron chi connectivity index (χ4n) is 3.86. The summed E-state index contributed by atoms with van der Waals surface area (Å²) < 4.78 is 22.8. The summed E-state index contributed by atoms with van der Waals surface area (Å²) in [6.45, 7) is 1.98. The first kappa shape index (κ1) is 18.1. The molecule has 1 saturated heterocycles. The van der Waals surface area contributed by atoms with Crippen LogP contribution in [0.3, 0.4) is 0 Å². The van der Waals surface area contributed by atoms with Crippen molar-refractivity contribution in [3.63, 3.8) is 0 Å². The summed E-state index contributed by atoms with van der Waals surface area (Å²) in [7, 11) is -3.96. The maximum Gasteiger partial charge on any atom is 0.293 e. The van der Waals surface area contributed by atoms with Gasteiger partial charge in [0.15, 0.2) is 0 Å². The summed E-state index contributed by atoms with van der Waals surface area (Å²) in [6, 6.07) is 4.60. The highest BCUT2D eigenvalue weighted by atomic mass is 32.2. The lowest BCUT2D eigenvalue weighted by molar-refractivity contribution is -0.384. The van der Waals surface area contributed by atoms with E-state index in [1.54, 1.807) is 0 Å². The van der Waals surface area contributed by atoms with Crippen molar-refractivity contribution < 1.29 is 13.3 Å². The molecule has 1 heterocycles. The van der Waals surface area contributed by atoms with Crippen LogP contribution < -0.4 is 10.5 Å². The third-order valence-corrected chi connectivity index (χ3v) is 6.14. The normalized spacial score (nSPS) is 20.7. The van der Waals surface area contributed by atoms with Crippen molar-refractivity contribution in [1.82, 2.24) is 4.90 Å². The molecule has 0 unspecified atom stereocenters. The van der Waals surface area contributed by atoms with Crippen LogP contribution in [0.15, 0.2) is 23.1 Å². The molecule has 1 aliphatic heterocycles. The minimum Gasteiger partial charge on any atom is -0.377 e. The molecule has 3 rings (SSSR count). The second-order valence-corrected chi connectivity index (χ2v) is 8.44. The zero-order valence-corrected chi connectivity index (χ0v) is 14.9. The average Bonchev–Trinajstić information content (AvgIpc) is 3.09. The summed E-state index contributed by atoms with van der Waals surface area (Å²) in [5, 5.41) is 19.6. The molecular weight excluding hydrogens is 344 g/mol. The summed E-state index contributed by atoms with van der Waals surface area (Å²) >= 11 is 0. The lowest BCUT2D eigenvalue weighted by atomic mass is 10.0. The van der Waals surface area contributed by atoms with Crippen LogP contribution in [0.5, 0.6) is 0 Å². The Hall–Kier alpha value is -1.71. The highest BCUT2D eigenvalue weighted by molar-refractivity contribution is 7.89. The van der Waals surface area contributed by atoms with Crippen molar-refractivity contribution in [1.29, 1.82) is 0 Å². The molecule has 2 fully saturated rings. The Morgan fingerprint density at radius 3 is 2.36 bits per heavy atom. The molecule has 3 N–H and O–H groups in total. The third-order valence-electron chi connectivity index (χ3n) is 5.22. The van der Waals surface area contributed by atoms with Crippen LogP contribution in [0.4, 0.5) is 11.4 Å². The van der Waals surface area contributed by atoms with Crippen molar-refractivity contribution in [3.8, 4) is 0 Å². The Kier molecular flexibility index (Phi) is 5.26. The van der Waals surface area contributed by atoms with E-state index in [0.717, 1.165) is 32.0 Å². The van der Waals surface area contributed by atoms with Crippen LogP contribution in [-0.2, 0) is 10.0 Å². The summed E-state index contributed by atoms with van der Waals surface area (Å²) in [5.41, 5.74) is 0.0847. The summed E-state index contributed by atoms with van der Waals surface area (Å²) in [5.74, 6) is 0. The molecule has 1 aromatic carbocycles. The van der Waals surface area contributed by atoms with E-state index in [1.165, 1.54) is 37.8 Å². The highest BCUT2D eigenvalue weighted by Gasteiger charge is 2.28. The van der Waals surface area contributed by atoms with Gasteiger partial charge in [-0.3, -0.25) is 10.1 Å². The largest absolute Gasteiger partial charge is 0.377 e. The molecule has 0 spiro atoms. The summed E-state index contributed by atoms with van der Waals surface area (Å²) in [4.78, 5) is 13.0. The molecule has 0 bridgehead atoms. The molecule has 0 amide bonds. The zero-order chi connectivity index (χ0) is 18.0. The van der Waals surface area contributed by atoms with Gasteiger partial charge in [0, 0.05) is 31.2 Å². The predicted octanol–water partition coefficient (Wildman–Crippen LogP) is 2.06. The number of nitrogens with one attached hydrogen (secondary N) is 1. The molecule has 25 heavy (non-hydrogen) atoms. The Morgan fingerprint density at radius 1 is 1.16 bits per heavy atom. The van der Waals surface area contributed by atoms with Crippen LogP contribution in [0.25, 0.3) is 0 Å². The molecule has 1 saturated carbocycles. The number of anilines is 1. The molecule has 8 nitrogen and oxygen atoms in total. The Labute approximate surface area is 147 Å². The Morgan fingerprint density at radius 2 is 1.80 bits per heavy atom. The molecule has 138 valence electrons. The van der Waals surface area contributed by atoms with E-state index in [1.807, 2.05) is 0 Å². The minimum absolute atomic E-state index is 0.150. The molecule has 0 atom stereocenters. The topological polar surface area (TPSA) is 119 Å². The molecule has 9 heteroatoms. The van der Waals surface area contributed by atoms with E-state index in [4.69, 9.17) is 5.14 Å². The number of likely N-dealkylation sites (tertiary alicyclic amines) is 1. The number of hydrogen-bond acceptors (Lipinski definition) is 6. The highest BCUT2D eigenvalue weighted by Crippen LogP contribution is 2.31. The van der Waals surface area contributed by atoms with Crippen LogP contribution in [0.2, 0.25) is 0 Å². The molecule has 0 aromatic heterocycles. The van der Waals surface area contributed by atoms with Crippen LogP contribution in [-0.4, -0.2) is 43.4 Å². The maximum atomic E-state index is 11.4. The van der Waals surface area contributed by atoms with Gasteiger partial charge in [-0.25, -0.2) is 13.6 Å². The van der Waals surface area contributed by atoms with Crippen molar-refractivity contribution in [2.75, 3.05) is 18.4 Å². The van der Waals surface area contributed by atoms with E-state index < -0.39 is 14.9 Å². The molecule has 2 aliphatic rings. The van der Waals surface area contributed by atoms with Gasteiger partial charge in [0.25, 0.3) is 5.69 Å². The van der Waals surface area contributed by atoms with Crippen molar-refractivity contribution in [2.24, 2.45) is 5.14 Å². The number of nitro benzene ring substituents is 1. The maximum absolute atomic E-state index is 11.4. The Balaban J connectivity index is 1.67. The van der Waals surface area contributed by atoms with Gasteiger partial charge in [-0.15, -0.1) is 0 Å². The van der Waals surface area contributed by atoms with Gasteiger partial charge in [-0.05, 0) is 37.8 Å². The SMILES string of the molecule is NS(=O)(=O)c1ccc(NC2CCN(C3CCCC3)CC2)c([N+](=O)[O-])c1. The monoisotopic (exact) mass is 368 g/mol. The van der Waals surface area contributed by atoms with Gasteiger partial charge in [0.05, 0.1) is 9.82 Å². The number of sulfonamides is 1. The van der Waals surface area contributed by atoms with E-state index >= 15 is 0 Å². The quantitative estimate of drug-likeness (QED) is 0.606. The Bertz CT molecular complexity index is 739. The predicted molar refractivity (Wildman–Crippen MR) is 94.9 cm³/mol. The lowest BCUT2D eigenvalue weighted by Gasteiger charge is -2.36. The number of nitrogens with two attached hydrogens (primary N) is 1. The van der Waals surface area contributed by atoms with E-state index in [9.17, 15) is 18.5 Å². The van der Waals surface area contributed by atoms with Gasteiger partial charge in [-0.1, -0.05) is 12.8 Å². The van der Waals surface area contributed by atoms with E-state index in [0.29, 0.717) is 11.7 Å². The van der Waals surface area contributed by atoms with Crippen molar-refractivity contribution in [3.05, 3.63) is 28.3 Å². The molecule has 1 aliphatic carbocycles. The van der Waals surface area contributed by atoms with Gasteiger partial charge in [0.2, 0.25) is 10.0 Å². The van der Waals surface area contributed by atoms with Gasteiger partial charge in [0.1, 0.15) is 5.69 Å².